The van der Waals surface area contributed by atoms with E-state index < -0.39 is 24.1 Å². The van der Waals surface area contributed by atoms with E-state index in [-0.39, 0.29) is 13.0 Å². The van der Waals surface area contributed by atoms with Gasteiger partial charge in [0.25, 0.3) is 0 Å². The summed E-state index contributed by atoms with van der Waals surface area (Å²) in [6.07, 6.45) is -3.77. The Labute approximate surface area is 85.9 Å². The molecule has 0 saturated carbocycles. The fourth-order valence-electron chi connectivity index (χ4n) is 2.09. The van der Waals surface area contributed by atoms with Gasteiger partial charge < -0.3 is 5.11 Å². The van der Waals surface area contributed by atoms with E-state index in [1.165, 1.54) is 4.90 Å². The zero-order chi connectivity index (χ0) is 11.6. The van der Waals surface area contributed by atoms with Crippen LogP contribution in [0.25, 0.3) is 0 Å². The lowest BCUT2D eigenvalue weighted by molar-refractivity contribution is -0.192. The van der Waals surface area contributed by atoms with Crippen molar-refractivity contribution in [2.24, 2.45) is 5.92 Å². The number of carbonyl (C=O) groups is 1. The standard InChI is InChI=1S/C9H14F3NO2/c1-2-4-13-5-3-6(8(14)15)7(13)9(10,11)12/h6-7H,2-5H2,1H3,(H,14,15)/t6-,7-/m0/s1. The first-order valence-electron chi connectivity index (χ1n) is 4.91. The Morgan fingerprint density at radius 2 is 2.13 bits per heavy atom. The van der Waals surface area contributed by atoms with E-state index in [1.807, 2.05) is 0 Å². The Morgan fingerprint density at radius 3 is 2.53 bits per heavy atom. The predicted molar refractivity (Wildman–Crippen MR) is 47.4 cm³/mol. The Kier molecular flexibility index (Phi) is 3.59. The molecule has 6 heteroatoms. The summed E-state index contributed by atoms with van der Waals surface area (Å²) in [6.45, 7) is 2.30. The van der Waals surface area contributed by atoms with Gasteiger partial charge >= 0.3 is 12.1 Å². The van der Waals surface area contributed by atoms with Crippen molar-refractivity contribution in [1.82, 2.24) is 4.90 Å². The third-order valence-electron chi connectivity index (χ3n) is 2.67. The summed E-state index contributed by atoms with van der Waals surface area (Å²) in [6, 6.07) is -1.81. The Bertz CT molecular complexity index is 242. The molecule has 0 unspecified atom stereocenters. The summed E-state index contributed by atoms with van der Waals surface area (Å²) >= 11 is 0. The predicted octanol–water partition coefficient (Wildman–Crippen LogP) is 1.73. The van der Waals surface area contributed by atoms with E-state index >= 15 is 0 Å². The summed E-state index contributed by atoms with van der Waals surface area (Å²) in [4.78, 5) is 11.9. The molecule has 1 fully saturated rings. The highest BCUT2D eigenvalue weighted by molar-refractivity contribution is 5.71. The number of likely N-dealkylation sites (tertiary alicyclic amines) is 1. The molecule has 1 saturated heterocycles. The van der Waals surface area contributed by atoms with E-state index in [0.29, 0.717) is 13.0 Å². The largest absolute Gasteiger partial charge is 0.481 e. The topological polar surface area (TPSA) is 40.5 Å². The fourth-order valence-corrected chi connectivity index (χ4v) is 2.09. The quantitative estimate of drug-likeness (QED) is 0.795. The van der Waals surface area contributed by atoms with E-state index in [4.69, 9.17) is 5.11 Å². The van der Waals surface area contributed by atoms with Gasteiger partial charge in [-0.3, -0.25) is 9.69 Å². The van der Waals surface area contributed by atoms with Crippen molar-refractivity contribution >= 4 is 5.97 Å². The number of nitrogens with zero attached hydrogens (tertiary/aromatic N) is 1. The molecule has 1 rings (SSSR count). The molecule has 1 heterocycles. The SMILES string of the molecule is CCCN1CC[C@H](C(=O)O)[C@H]1C(F)(F)F. The lowest BCUT2D eigenvalue weighted by Gasteiger charge is -2.28. The molecule has 0 aliphatic carbocycles. The van der Waals surface area contributed by atoms with Crippen molar-refractivity contribution in [3.8, 4) is 0 Å². The van der Waals surface area contributed by atoms with Crippen molar-refractivity contribution in [2.75, 3.05) is 13.1 Å². The molecule has 0 radical (unpaired) electrons. The molecule has 1 N–H and O–H groups in total. The molecule has 0 spiro atoms. The highest BCUT2D eigenvalue weighted by Crippen LogP contribution is 2.36. The first-order chi connectivity index (χ1) is 6.88. The molecule has 0 amide bonds. The van der Waals surface area contributed by atoms with Crippen LogP contribution in [0.15, 0.2) is 0 Å². The van der Waals surface area contributed by atoms with E-state index in [9.17, 15) is 18.0 Å². The van der Waals surface area contributed by atoms with Crippen LogP contribution in [0.1, 0.15) is 19.8 Å². The van der Waals surface area contributed by atoms with Crippen LogP contribution in [0.5, 0.6) is 0 Å². The minimum absolute atomic E-state index is 0.0828. The number of aliphatic carboxylic acids is 1. The Hall–Kier alpha value is -0.780. The maximum Gasteiger partial charge on any atom is 0.404 e. The minimum Gasteiger partial charge on any atom is -0.481 e. The second kappa shape index (κ2) is 4.38. The van der Waals surface area contributed by atoms with Crippen LogP contribution in [0.4, 0.5) is 13.2 Å². The summed E-state index contributed by atoms with van der Waals surface area (Å²) in [5.41, 5.74) is 0. The summed E-state index contributed by atoms with van der Waals surface area (Å²) in [5, 5.41) is 8.71. The van der Waals surface area contributed by atoms with Gasteiger partial charge in [0.2, 0.25) is 0 Å². The van der Waals surface area contributed by atoms with Gasteiger partial charge in [-0.1, -0.05) is 6.92 Å². The van der Waals surface area contributed by atoms with Gasteiger partial charge in [0.05, 0.1) is 5.92 Å². The van der Waals surface area contributed by atoms with Gasteiger partial charge in [0.15, 0.2) is 0 Å². The summed E-state index contributed by atoms with van der Waals surface area (Å²) < 4.78 is 37.9. The van der Waals surface area contributed by atoms with E-state index in [0.717, 1.165) is 0 Å². The highest BCUT2D eigenvalue weighted by atomic mass is 19.4. The second-order valence-electron chi connectivity index (χ2n) is 3.76. The minimum atomic E-state index is -4.45. The van der Waals surface area contributed by atoms with Gasteiger partial charge in [0.1, 0.15) is 6.04 Å². The van der Waals surface area contributed by atoms with Gasteiger partial charge in [-0.2, -0.15) is 13.2 Å². The van der Waals surface area contributed by atoms with Crippen molar-refractivity contribution in [2.45, 2.75) is 32.0 Å². The number of hydrogen-bond acceptors (Lipinski definition) is 2. The van der Waals surface area contributed by atoms with Gasteiger partial charge in [-0.05, 0) is 25.9 Å². The van der Waals surface area contributed by atoms with E-state index in [2.05, 4.69) is 0 Å². The fraction of sp³-hybridized carbons (Fsp3) is 0.889. The smallest absolute Gasteiger partial charge is 0.404 e. The van der Waals surface area contributed by atoms with Crippen LogP contribution in [0, 0.1) is 5.92 Å². The molecule has 1 aliphatic rings. The monoisotopic (exact) mass is 225 g/mol. The van der Waals surface area contributed by atoms with Crippen LogP contribution in [0.3, 0.4) is 0 Å². The molecule has 0 aromatic rings. The molecule has 1 aliphatic heterocycles. The Morgan fingerprint density at radius 1 is 1.53 bits per heavy atom. The molecule has 2 atom stereocenters. The van der Waals surface area contributed by atoms with Crippen molar-refractivity contribution in [1.29, 1.82) is 0 Å². The highest BCUT2D eigenvalue weighted by Gasteiger charge is 2.53. The van der Waals surface area contributed by atoms with Crippen LogP contribution in [-0.2, 0) is 4.79 Å². The zero-order valence-electron chi connectivity index (χ0n) is 8.42. The van der Waals surface area contributed by atoms with Crippen LogP contribution >= 0.6 is 0 Å². The van der Waals surface area contributed by atoms with Gasteiger partial charge in [-0.25, -0.2) is 0 Å². The first-order valence-corrected chi connectivity index (χ1v) is 4.91. The van der Waals surface area contributed by atoms with Crippen LogP contribution < -0.4 is 0 Å². The normalized spacial score (nSPS) is 28.3. The lowest BCUT2D eigenvalue weighted by atomic mass is 10.0. The zero-order valence-corrected chi connectivity index (χ0v) is 8.42. The van der Waals surface area contributed by atoms with Gasteiger partial charge in [0, 0.05) is 0 Å². The van der Waals surface area contributed by atoms with E-state index in [1.54, 1.807) is 6.92 Å². The summed E-state index contributed by atoms with van der Waals surface area (Å²) in [7, 11) is 0. The molecule has 88 valence electrons. The maximum absolute atomic E-state index is 12.6. The van der Waals surface area contributed by atoms with Crippen molar-refractivity contribution in [3.63, 3.8) is 0 Å². The van der Waals surface area contributed by atoms with Crippen LogP contribution in [0.2, 0.25) is 0 Å². The molecule has 0 aromatic heterocycles. The third-order valence-corrected chi connectivity index (χ3v) is 2.67. The number of halogens is 3. The number of alkyl halides is 3. The molecule has 15 heavy (non-hydrogen) atoms. The average molecular weight is 225 g/mol. The summed E-state index contributed by atoms with van der Waals surface area (Å²) in [5.74, 6) is -2.66. The molecular formula is C9H14F3NO2. The number of carboxylic acid groups (broad SMARTS) is 1. The molecule has 3 nitrogen and oxygen atoms in total. The number of rotatable bonds is 3. The lowest BCUT2D eigenvalue weighted by Crippen LogP contribution is -2.46. The molecular weight excluding hydrogens is 211 g/mol. The first kappa shape index (κ1) is 12.3. The Balaban J connectivity index is 2.83. The second-order valence-corrected chi connectivity index (χ2v) is 3.76. The van der Waals surface area contributed by atoms with Crippen LogP contribution in [-0.4, -0.2) is 41.3 Å². The van der Waals surface area contributed by atoms with Crippen molar-refractivity contribution in [3.05, 3.63) is 0 Å². The third kappa shape index (κ3) is 2.62. The van der Waals surface area contributed by atoms with Gasteiger partial charge in [-0.15, -0.1) is 0 Å². The maximum atomic E-state index is 12.6. The van der Waals surface area contributed by atoms with Crippen molar-refractivity contribution < 1.29 is 23.1 Å². The number of hydrogen-bond donors (Lipinski definition) is 1. The number of carboxylic acids is 1. The average Bonchev–Trinajstić information content (AvgIpc) is 2.47. The molecule has 0 bridgehead atoms. The molecule has 0 aromatic carbocycles.